The molecule has 1 N–H and O–H groups in total. The second-order valence-corrected chi connectivity index (χ2v) is 4.37. The molecule has 1 heterocycles. The number of halogens is 1. The number of carbonyl (C=O) groups is 1. The largest absolute Gasteiger partial charge is 1.00 e. The normalized spacial score (nSPS) is 10.1. The smallest absolute Gasteiger partial charge is 0.221 e. The van der Waals surface area contributed by atoms with Crippen LogP contribution in [0.1, 0.15) is 18.2 Å². The molecule has 0 aliphatic rings. The number of nitrogens with zero attached hydrogens (tertiary/aromatic N) is 1. The predicted molar refractivity (Wildman–Crippen MR) is 77.3 cm³/mol. The van der Waals surface area contributed by atoms with Crippen molar-refractivity contribution in [3.63, 3.8) is 0 Å². The van der Waals surface area contributed by atoms with Crippen LogP contribution in [0.4, 0.5) is 5.69 Å². The van der Waals surface area contributed by atoms with Gasteiger partial charge in [0.25, 0.3) is 0 Å². The van der Waals surface area contributed by atoms with Crippen molar-refractivity contribution < 1.29 is 33.3 Å². The van der Waals surface area contributed by atoms with Gasteiger partial charge in [-0.1, -0.05) is 12.1 Å². The number of pyridine rings is 1. The molecule has 3 nitrogen and oxygen atoms in total. The maximum Gasteiger partial charge on any atom is 0.221 e. The molecule has 0 aliphatic heterocycles. The van der Waals surface area contributed by atoms with Crippen LogP contribution >= 0.6 is 0 Å². The first-order valence-corrected chi connectivity index (χ1v) is 6.15. The number of anilines is 1. The zero-order chi connectivity index (χ0) is 13.7. The minimum absolute atomic E-state index is 0. The Kier molecular flexibility index (Phi) is 6.38. The molecule has 1 aromatic heterocycles. The van der Waals surface area contributed by atoms with Crippen LogP contribution in [0.25, 0.3) is 12.2 Å². The summed E-state index contributed by atoms with van der Waals surface area (Å²) in [4.78, 5) is 10.9. The highest BCUT2D eigenvalue weighted by Crippen LogP contribution is 2.11. The Hall–Kier alpha value is -1.69. The summed E-state index contributed by atoms with van der Waals surface area (Å²) in [6.45, 7) is 1.50. The van der Waals surface area contributed by atoms with Crippen LogP contribution < -0.4 is 33.9 Å². The fourth-order valence-electron chi connectivity index (χ4n) is 1.77. The molecule has 0 fully saturated rings. The minimum atomic E-state index is -0.0559. The summed E-state index contributed by atoms with van der Waals surface area (Å²) in [6, 6.07) is 13.8. The van der Waals surface area contributed by atoms with Crippen molar-refractivity contribution in [1.29, 1.82) is 0 Å². The number of carbonyl (C=O) groups excluding carboxylic acids is 1. The number of aryl methyl sites for hydroxylation is 1. The molecule has 0 saturated carbocycles. The Labute approximate surface area is 136 Å². The topological polar surface area (TPSA) is 33.0 Å². The lowest BCUT2D eigenvalue weighted by molar-refractivity contribution is -0.673. The zero-order valence-electron chi connectivity index (χ0n) is 11.5. The second kappa shape index (κ2) is 7.79. The van der Waals surface area contributed by atoms with Crippen molar-refractivity contribution in [2.24, 2.45) is 7.05 Å². The standard InChI is InChI=1S/C16H16N2O.HI/c1-13(19)17-15-9-6-14(7-10-15)8-11-16-5-3-4-12-18(16)2;/h3-12H,1-2H3;1H. The predicted octanol–water partition coefficient (Wildman–Crippen LogP) is -0.356. The highest BCUT2D eigenvalue weighted by molar-refractivity contribution is 5.88. The van der Waals surface area contributed by atoms with E-state index in [0.29, 0.717) is 0 Å². The third-order valence-electron chi connectivity index (χ3n) is 2.77. The quantitative estimate of drug-likeness (QED) is 0.573. The van der Waals surface area contributed by atoms with Crippen molar-refractivity contribution in [1.82, 2.24) is 0 Å². The summed E-state index contributed by atoms with van der Waals surface area (Å²) in [7, 11) is 2.01. The van der Waals surface area contributed by atoms with E-state index in [1.807, 2.05) is 55.7 Å². The second-order valence-electron chi connectivity index (χ2n) is 4.37. The van der Waals surface area contributed by atoms with Crippen molar-refractivity contribution in [3.05, 3.63) is 59.9 Å². The van der Waals surface area contributed by atoms with E-state index in [2.05, 4.69) is 22.0 Å². The zero-order valence-corrected chi connectivity index (χ0v) is 13.7. The first-order valence-electron chi connectivity index (χ1n) is 6.15. The maximum absolute atomic E-state index is 10.9. The first-order chi connectivity index (χ1) is 9.15. The molecule has 0 atom stereocenters. The number of hydrogen-bond acceptors (Lipinski definition) is 1. The number of rotatable bonds is 3. The van der Waals surface area contributed by atoms with E-state index in [9.17, 15) is 4.79 Å². The maximum atomic E-state index is 10.9. The molecule has 2 aromatic rings. The molecule has 1 amide bonds. The average molecular weight is 380 g/mol. The van der Waals surface area contributed by atoms with E-state index in [1.165, 1.54) is 6.92 Å². The third-order valence-corrected chi connectivity index (χ3v) is 2.77. The van der Waals surface area contributed by atoms with Gasteiger partial charge in [-0.25, -0.2) is 4.57 Å². The Morgan fingerprint density at radius 1 is 1.10 bits per heavy atom. The number of amides is 1. The van der Waals surface area contributed by atoms with E-state index in [-0.39, 0.29) is 29.9 Å². The van der Waals surface area contributed by atoms with Crippen molar-refractivity contribution in [2.75, 3.05) is 5.32 Å². The van der Waals surface area contributed by atoms with Crippen LogP contribution in [0.2, 0.25) is 0 Å². The number of hydrogen-bond donors (Lipinski definition) is 1. The lowest BCUT2D eigenvalue weighted by Crippen LogP contribution is -3.00. The van der Waals surface area contributed by atoms with E-state index in [1.54, 1.807) is 0 Å². The molecular weight excluding hydrogens is 363 g/mol. The lowest BCUT2D eigenvalue weighted by atomic mass is 10.1. The van der Waals surface area contributed by atoms with Crippen LogP contribution in [-0.4, -0.2) is 5.91 Å². The molecule has 0 bridgehead atoms. The van der Waals surface area contributed by atoms with Crippen LogP contribution in [0.15, 0.2) is 48.7 Å². The van der Waals surface area contributed by atoms with Gasteiger partial charge in [0.2, 0.25) is 11.6 Å². The first kappa shape index (κ1) is 16.4. The fraction of sp³-hybridized carbons (Fsp3) is 0.125. The summed E-state index contributed by atoms with van der Waals surface area (Å²) in [5, 5.41) is 2.75. The van der Waals surface area contributed by atoms with Crippen LogP contribution in [0, 0.1) is 0 Å². The van der Waals surface area contributed by atoms with Gasteiger partial charge in [0.05, 0.1) is 0 Å². The van der Waals surface area contributed by atoms with Crippen molar-refractivity contribution >= 4 is 23.7 Å². The molecule has 104 valence electrons. The Bertz CT molecular complexity index is 606. The fourth-order valence-corrected chi connectivity index (χ4v) is 1.77. The summed E-state index contributed by atoms with van der Waals surface area (Å²) in [5.74, 6) is -0.0559. The van der Waals surface area contributed by atoms with E-state index >= 15 is 0 Å². The molecule has 1 aromatic carbocycles. The molecule has 0 unspecified atom stereocenters. The molecule has 0 saturated heterocycles. The van der Waals surface area contributed by atoms with Gasteiger partial charge >= 0.3 is 0 Å². The Morgan fingerprint density at radius 3 is 2.40 bits per heavy atom. The van der Waals surface area contributed by atoms with Crippen molar-refractivity contribution in [2.45, 2.75) is 6.92 Å². The van der Waals surface area contributed by atoms with Crippen LogP contribution in [-0.2, 0) is 11.8 Å². The van der Waals surface area contributed by atoms with Gasteiger partial charge in [-0.2, -0.15) is 0 Å². The van der Waals surface area contributed by atoms with Gasteiger partial charge in [0.1, 0.15) is 7.05 Å². The van der Waals surface area contributed by atoms with Gasteiger partial charge in [0, 0.05) is 30.8 Å². The van der Waals surface area contributed by atoms with E-state index < -0.39 is 0 Å². The molecule has 0 spiro atoms. The summed E-state index contributed by atoms with van der Waals surface area (Å²) < 4.78 is 2.06. The van der Waals surface area contributed by atoms with Crippen LogP contribution in [0.5, 0.6) is 0 Å². The number of nitrogens with one attached hydrogen (secondary N) is 1. The molecule has 0 radical (unpaired) electrons. The molecule has 20 heavy (non-hydrogen) atoms. The summed E-state index contributed by atoms with van der Waals surface area (Å²) in [5.41, 5.74) is 3.04. The molecule has 2 rings (SSSR count). The SMILES string of the molecule is CC(=O)Nc1ccc(C=Cc2cccc[n+]2C)cc1.[I-]. The minimum Gasteiger partial charge on any atom is -1.00 e. The monoisotopic (exact) mass is 380 g/mol. The molecular formula is C16H17IN2O. The van der Waals surface area contributed by atoms with E-state index in [4.69, 9.17) is 0 Å². The average Bonchev–Trinajstić information content (AvgIpc) is 2.39. The summed E-state index contributed by atoms with van der Waals surface area (Å²) >= 11 is 0. The lowest BCUT2D eigenvalue weighted by Gasteiger charge is -2.01. The molecule has 0 aliphatic carbocycles. The van der Waals surface area contributed by atoms with E-state index in [0.717, 1.165) is 16.9 Å². The van der Waals surface area contributed by atoms with Gasteiger partial charge in [-0.15, -0.1) is 0 Å². The van der Waals surface area contributed by atoms with Gasteiger partial charge in [-0.3, -0.25) is 4.79 Å². The molecule has 4 heteroatoms. The number of aromatic nitrogens is 1. The Morgan fingerprint density at radius 2 is 1.80 bits per heavy atom. The van der Waals surface area contributed by atoms with Crippen LogP contribution in [0.3, 0.4) is 0 Å². The van der Waals surface area contributed by atoms with Gasteiger partial charge in [-0.05, 0) is 29.8 Å². The Balaban J connectivity index is 0.00000200. The summed E-state index contributed by atoms with van der Waals surface area (Å²) in [6.07, 6.45) is 6.12. The highest BCUT2D eigenvalue weighted by Gasteiger charge is 1.99. The third kappa shape index (κ3) is 4.77. The number of benzene rings is 1. The van der Waals surface area contributed by atoms with Crippen molar-refractivity contribution in [3.8, 4) is 0 Å². The highest BCUT2D eigenvalue weighted by atomic mass is 127. The van der Waals surface area contributed by atoms with Gasteiger partial charge < -0.3 is 29.3 Å². The van der Waals surface area contributed by atoms with Gasteiger partial charge in [0.15, 0.2) is 6.20 Å².